The molecule has 5 N–H and O–H groups in total. The van der Waals surface area contributed by atoms with Crippen molar-refractivity contribution in [3.8, 4) is 11.5 Å². The van der Waals surface area contributed by atoms with Gasteiger partial charge in [0, 0.05) is 39.5 Å². The second-order valence-electron chi connectivity index (χ2n) is 9.50. The fourth-order valence-electron chi connectivity index (χ4n) is 4.35. The van der Waals surface area contributed by atoms with Crippen molar-refractivity contribution in [1.82, 2.24) is 15.1 Å². The van der Waals surface area contributed by atoms with E-state index in [9.17, 15) is 24.5 Å². The Labute approximate surface area is 191 Å². The summed E-state index contributed by atoms with van der Waals surface area (Å²) in [4.78, 5) is 39.3. The first kappa shape index (κ1) is 23.3. The Balaban J connectivity index is 1.34. The number of carbonyl (C=O) groups excluding carboxylic acids is 2. The zero-order valence-electron chi connectivity index (χ0n) is 18.9. The summed E-state index contributed by atoms with van der Waals surface area (Å²) in [6.45, 7) is 2.64. The third-order valence-corrected chi connectivity index (χ3v) is 6.39. The lowest BCUT2D eigenvalue weighted by Gasteiger charge is -2.42. The Morgan fingerprint density at radius 1 is 1.36 bits per heavy atom. The molecule has 1 aromatic rings. The Morgan fingerprint density at radius 3 is 2.70 bits per heavy atom. The minimum Gasteiger partial charge on any atom is -0.535 e. The molecular formula is C21H29BN4O7. The van der Waals surface area contributed by atoms with Crippen molar-refractivity contribution in [1.29, 1.82) is 0 Å². The van der Waals surface area contributed by atoms with Gasteiger partial charge in [-0.15, -0.1) is 0 Å². The van der Waals surface area contributed by atoms with Gasteiger partial charge in [-0.3, -0.25) is 14.5 Å². The zero-order chi connectivity index (χ0) is 24.1. The molecule has 12 heteroatoms. The molecular weight excluding hydrogens is 431 g/mol. The lowest BCUT2D eigenvalue weighted by Crippen LogP contribution is -2.64. The number of carbonyl (C=O) groups is 3. The molecule has 1 saturated carbocycles. The third kappa shape index (κ3) is 4.64. The molecule has 4 rings (SSSR count). The summed E-state index contributed by atoms with van der Waals surface area (Å²) in [6.07, 6.45) is 0.497. The Bertz CT molecular complexity index is 980. The van der Waals surface area contributed by atoms with E-state index in [0.717, 1.165) is 12.0 Å². The fourth-order valence-corrected chi connectivity index (χ4v) is 4.35. The number of likely N-dealkylation sites (N-methyl/N-ethyl adjacent to an activating group) is 1. The van der Waals surface area contributed by atoms with Crippen molar-refractivity contribution >= 4 is 24.9 Å². The average Bonchev–Trinajstić information content (AvgIpc) is 3.51. The summed E-state index contributed by atoms with van der Waals surface area (Å²) < 4.78 is 11.4. The zero-order valence-corrected chi connectivity index (χ0v) is 18.9. The summed E-state index contributed by atoms with van der Waals surface area (Å²) in [5.74, 6) is -1.33. The van der Waals surface area contributed by atoms with Crippen LogP contribution in [0.4, 0.5) is 0 Å². The van der Waals surface area contributed by atoms with Gasteiger partial charge in [0.05, 0.1) is 6.54 Å². The van der Waals surface area contributed by atoms with Gasteiger partial charge in [0.2, 0.25) is 11.8 Å². The topological polar surface area (TPSA) is 155 Å². The molecule has 0 bridgehead atoms. The average molecular weight is 460 g/mol. The van der Waals surface area contributed by atoms with E-state index in [1.54, 1.807) is 33.2 Å². The molecule has 2 heterocycles. The molecule has 1 aliphatic carbocycles. The predicted octanol–water partition coefficient (Wildman–Crippen LogP) is -0.900. The smallest absolute Gasteiger partial charge is 0.526 e. The number of carboxylic acids is 1. The first-order valence-corrected chi connectivity index (χ1v) is 10.9. The van der Waals surface area contributed by atoms with Gasteiger partial charge in [0.25, 0.3) is 0 Å². The maximum atomic E-state index is 12.4. The highest BCUT2D eigenvalue weighted by Crippen LogP contribution is 2.60. The second kappa shape index (κ2) is 8.51. The van der Waals surface area contributed by atoms with Crippen LogP contribution in [0.2, 0.25) is 5.82 Å². The summed E-state index contributed by atoms with van der Waals surface area (Å²) in [5, 5.41) is 22.4. The molecule has 3 aliphatic rings. The van der Waals surface area contributed by atoms with Crippen molar-refractivity contribution in [2.45, 2.75) is 36.7 Å². The molecule has 11 nitrogen and oxygen atoms in total. The highest BCUT2D eigenvalue weighted by molar-refractivity contribution is 6.48. The van der Waals surface area contributed by atoms with Crippen LogP contribution in [-0.4, -0.2) is 96.7 Å². The highest BCUT2D eigenvalue weighted by atomic mass is 16.5. The van der Waals surface area contributed by atoms with Gasteiger partial charge in [-0.2, -0.15) is 0 Å². The second-order valence-corrected chi connectivity index (χ2v) is 9.50. The Hall–Kier alpha value is -2.83. The van der Waals surface area contributed by atoms with Crippen molar-refractivity contribution in [3.63, 3.8) is 0 Å². The van der Waals surface area contributed by atoms with Gasteiger partial charge in [0.1, 0.15) is 28.7 Å². The summed E-state index contributed by atoms with van der Waals surface area (Å²) in [6, 6.07) is 3.45. The van der Waals surface area contributed by atoms with Crippen LogP contribution in [0, 0.1) is 0 Å². The number of rotatable bonds is 8. The number of likely N-dealkylation sites (tertiary alicyclic amines) is 1. The monoisotopic (exact) mass is 460 g/mol. The lowest BCUT2D eigenvalue weighted by molar-refractivity contribution is -0.133. The number of amides is 2. The van der Waals surface area contributed by atoms with Gasteiger partial charge in [-0.1, -0.05) is 6.07 Å². The predicted molar refractivity (Wildman–Crippen MR) is 118 cm³/mol. The van der Waals surface area contributed by atoms with Crippen molar-refractivity contribution in [2.75, 3.05) is 40.3 Å². The number of aromatic carboxylic acids is 1. The molecule has 1 aromatic carbocycles. The quantitative estimate of drug-likeness (QED) is 0.361. The molecule has 0 radical (unpaired) electrons. The van der Waals surface area contributed by atoms with Gasteiger partial charge in [0.15, 0.2) is 0 Å². The van der Waals surface area contributed by atoms with Crippen LogP contribution >= 0.6 is 0 Å². The highest BCUT2D eigenvalue weighted by Gasteiger charge is 2.54. The van der Waals surface area contributed by atoms with E-state index in [2.05, 4.69) is 5.32 Å². The van der Waals surface area contributed by atoms with E-state index in [1.807, 2.05) is 4.90 Å². The Kier molecular flexibility index (Phi) is 6.02. The number of nitrogens with two attached hydrogens (primary N) is 1. The number of benzene rings is 1. The summed E-state index contributed by atoms with van der Waals surface area (Å²) in [5.41, 5.74) is 5.67. The third-order valence-electron chi connectivity index (χ3n) is 6.39. The fraction of sp³-hybridized carbons (Fsp3) is 0.571. The van der Waals surface area contributed by atoms with E-state index >= 15 is 0 Å². The summed E-state index contributed by atoms with van der Waals surface area (Å²) in [7, 11) is 2.20. The van der Waals surface area contributed by atoms with E-state index in [-0.39, 0.29) is 53.9 Å². The first-order chi connectivity index (χ1) is 15.5. The molecule has 2 amide bonds. The number of carboxylic acid groups (broad SMARTS) is 1. The summed E-state index contributed by atoms with van der Waals surface area (Å²) >= 11 is 0. The number of hydrogen-bond donors (Lipinski definition) is 4. The van der Waals surface area contributed by atoms with E-state index in [4.69, 9.17) is 15.1 Å². The van der Waals surface area contributed by atoms with E-state index < -0.39 is 24.5 Å². The van der Waals surface area contributed by atoms with Gasteiger partial charge in [-0.25, -0.2) is 4.79 Å². The van der Waals surface area contributed by atoms with Crippen LogP contribution in [0.15, 0.2) is 12.1 Å². The molecule has 0 unspecified atom stereocenters. The van der Waals surface area contributed by atoms with E-state index in [0.29, 0.717) is 13.1 Å². The van der Waals surface area contributed by atoms with Crippen molar-refractivity contribution in [2.24, 2.45) is 5.73 Å². The maximum Gasteiger partial charge on any atom is 0.526 e. The van der Waals surface area contributed by atoms with Crippen LogP contribution in [0.5, 0.6) is 11.5 Å². The number of fused-ring (bicyclic) bond motifs is 3. The van der Waals surface area contributed by atoms with Crippen LogP contribution in [-0.2, 0) is 9.59 Å². The van der Waals surface area contributed by atoms with Crippen molar-refractivity contribution < 1.29 is 33.9 Å². The molecule has 178 valence electrons. The number of ether oxygens (including phenoxy) is 1. The molecule has 33 heavy (non-hydrogen) atoms. The van der Waals surface area contributed by atoms with Crippen LogP contribution in [0.3, 0.4) is 0 Å². The number of nitrogens with one attached hydrogen (secondary N) is 1. The van der Waals surface area contributed by atoms with Gasteiger partial charge < -0.3 is 35.5 Å². The SMILES string of the molecule is CN(C)C(=O)CNC(=O)[C@@](C)(N)CN1CC(Oc2ccc3c(c2C(=O)O)OB(O)[C@H]2C[C@@H]32)C1. The van der Waals surface area contributed by atoms with Crippen LogP contribution in [0.1, 0.15) is 35.2 Å². The first-order valence-electron chi connectivity index (χ1n) is 10.9. The van der Waals surface area contributed by atoms with Gasteiger partial charge >= 0.3 is 13.1 Å². The molecule has 0 spiro atoms. The maximum absolute atomic E-state index is 12.4. The van der Waals surface area contributed by atoms with Gasteiger partial charge in [-0.05, 0) is 30.9 Å². The van der Waals surface area contributed by atoms with Crippen LogP contribution in [0.25, 0.3) is 0 Å². The molecule has 2 aliphatic heterocycles. The minimum atomic E-state index is -1.21. The number of nitrogens with zero attached hydrogens (tertiary/aromatic N) is 2. The molecule has 3 atom stereocenters. The van der Waals surface area contributed by atoms with E-state index in [1.165, 1.54) is 4.90 Å². The minimum absolute atomic E-state index is 0.0230. The number of hydrogen-bond acceptors (Lipinski definition) is 8. The van der Waals surface area contributed by atoms with Crippen molar-refractivity contribution in [3.05, 3.63) is 23.3 Å². The normalized spacial score (nSPS) is 23.2. The largest absolute Gasteiger partial charge is 0.535 e. The lowest BCUT2D eigenvalue weighted by atomic mass is 9.77. The molecule has 0 aromatic heterocycles. The molecule has 2 fully saturated rings. The van der Waals surface area contributed by atoms with Crippen LogP contribution < -0.4 is 20.4 Å². The Morgan fingerprint density at radius 2 is 2.06 bits per heavy atom. The standard InChI is InChI=1S/C21H29BN4O7/c1-21(23,20(30)24-7-16(27)25(2)3)10-26-8-11(9-26)32-15-5-4-12-13-6-14(13)22(31)33-18(12)17(15)19(28)29/h4-5,11,13-14,31H,6-10,23H2,1-3H3,(H,24,30)(H,28,29)/t13-,14-,21-/m0/s1. The molecule has 1 saturated heterocycles.